The van der Waals surface area contributed by atoms with E-state index in [-0.39, 0.29) is 12.1 Å². The van der Waals surface area contributed by atoms with Gasteiger partial charge in [0.2, 0.25) is 0 Å². The lowest BCUT2D eigenvalue weighted by Gasteiger charge is -2.24. The molecule has 92 valence electrons. The van der Waals surface area contributed by atoms with Gasteiger partial charge in [0, 0.05) is 18.6 Å². The predicted molar refractivity (Wildman–Crippen MR) is 62.4 cm³/mol. The number of alkyl carbamates (subject to hydrolysis) is 1. The summed E-state index contributed by atoms with van der Waals surface area (Å²) in [5.41, 5.74) is -0.405. The Hall–Kier alpha value is -0.770. The number of rotatable bonds is 1. The van der Waals surface area contributed by atoms with E-state index in [1.165, 1.54) is 19.4 Å². The molecule has 1 amide bonds. The average Bonchev–Trinajstić information content (AvgIpc) is 2.66. The molecule has 0 saturated carbocycles. The molecule has 4 heteroatoms. The number of carbonyl (C=O) groups excluding carboxylic acids is 1. The van der Waals surface area contributed by atoms with Crippen molar-refractivity contribution in [1.29, 1.82) is 0 Å². The minimum absolute atomic E-state index is 0.272. The van der Waals surface area contributed by atoms with Gasteiger partial charge in [0.05, 0.1) is 0 Å². The maximum Gasteiger partial charge on any atom is 0.407 e. The van der Waals surface area contributed by atoms with Gasteiger partial charge in [-0.3, -0.25) is 4.90 Å². The summed E-state index contributed by atoms with van der Waals surface area (Å²) in [5, 5.41) is 3.00. The molecule has 2 fully saturated rings. The SMILES string of the molecule is CC(C)(C)OC(=O)NC1CCN2CCCC12. The maximum absolute atomic E-state index is 11.7. The lowest BCUT2D eigenvalue weighted by atomic mass is 10.1. The molecule has 1 N–H and O–H groups in total. The highest BCUT2D eigenvalue weighted by atomic mass is 16.6. The van der Waals surface area contributed by atoms with Gasteiger partial charge >= 0.3 is 6.09 Å². The Morgan fingerprint density at radius 2 is 2.06 bits per heavy atom. The third-order valence-electron chi connectivity index (χ3n) is 3.31. The summed E-state index contributed by atoms with van der Waals surface area (Å²) in [7, 11) is 0. The van der Waals surface area contributed by atoms with Crippen LogP contribution in [0.4, 0.5) is 4.79 Å². The second-order valence-corrected chi connectivity index (χ2v) is 5.79. The number of ether oxygens (including phenoxy) is 1. The quantitative estimate of drug-likeness (QED) is 0.740. The molecule has 4 nitrogen and oxygen atoms in total. The minimum Gasteiger partial charge on any atom is -0.444 e. The van der Waals surface area contributed by atoms with E-state index in [9.17, 15) is 4.79 Å². The van der Waals surface area contributed by atoms with E-state index < -0.39 is 5.60 Å². The van der Waals surface area contributed by atoms with Gasteiger partial charge < -0.3 is 10.1 Å². The summed E-state index contributed by atoms with van der Waals surface area (Å²) in [4.78, 5) is 14.1. The molecule has 2 atom stereocenters. The van der Waals surface area contributed by atoms with Crippen LogP contribution < -0.4 is 5.32 Å². The topological polar surface area (TPSA) is 41.6 Å². The number of nitrogens with zero attached hydrogens (tertiary/aromatic N) is 1. The van der Waals surface area contributed by atoms with Crippen LogP contribution in [0.2, 0.25) is 0 Å². The van der Waals surface area contributed by atoms with E-state index in [2.05, 4.69) is 10.2 Å². The minimum atomic E-state index is -0.405. The summed E-state index contributed by atoms with van der Waals surface area (Å²) < 4.78 is 5.28. The van der Waals surface area contributed by atoms with Crippen molar-refractivity contribution in [3.63, 3.8) is 0 Å². The molecule has 16 heavy (non-hydrogen) atoms. The Morgan fingerprint density at radius 1 is 1.31 bits per heavy atom. The number of hydrogen-bond donors (Lipinski definition) is 1. The van der Waals surface area contributed by atoms with E-state index in [0.29, 0.717) is 6.04 Å². The van der Waals surface area contributed by atoms with Crippen molar-refractivity contribution < 1.29 is 9.53 Å². The van der Waals surface area contributed by atoms with Gasteiger partial charge in [-0.2, -0.15) is 0 Å². The Labute approximate surface area is 97.3 Å². The molecule has 2 rings (SSSR count). The molecular formula is C12H22N2O2. The Balaban J connectivity index is 1.83. The van der Waals surface area contributed by atoms with Gasteiger partial charge in [-0.05, 0) is 46.6 Å². The Bertz CT molecular complexity index is 273. The van der Waals surface area contributed by atoms with Crippen LogP contribution in [0.5, 0.6) is 0 Å². The molecule has 0 spiro atoms. The molecule has 2 saturated heterocycles. The van der Waals surface area contributed by atoms with Gasteiger partial charge in [-0.25, -0.2) is 4.79 Å². The smallest absolute Gasteiger partial charge is 0.407 e. The van der Waals surface area contributed by atoms with Crippen molar-refractivity contribution in [1.82, 2.24) is 10.2 Å². The zero-order valence-electron chi connectivity index (χ0n) is 10.5. The van der Waals surface area contributed by atoms with E-state index >= 15 is 0 Å². The summed E-state index contributed by atoms with van der Waals surface area (Å²) >= 11 is 0. The lowest BCUT2D eigenvalue weighted by Crippen LogP contribution is -2.44. The van der Waals surface area contributed by atoms with Crippen LogP contribution in [0.15, 0.2) is 0 Å². The van der Waals surface area contributed by atoms with Gasteiger partial charge in [0.15, 0.2) is 0 Å². The van der Waals surface area contributed by atoms with Crippen molar-refractivity contribution in [3.05, 3.63) is 0 Å². The highest BCUT2D eigenvalue weighted by Crippen LogP contribution is 2.28. The molecule has 2 aliphatic heterocycles. The second-order valence-electron chi connectivity index (χ2n) is 5.79. The fourth-order valence-electron chi connectivity index (χ4n) is 2.71. The van der Waals surface area contributed by atoms with Crippen molar-refractivity contribution in [2.75, 3.05) is 13.1 Å². The molecule has 0 radical (unpaired) electrons. The average molecular weight is 226 g/mol. The Morgan fingerprint density at radius 3 is 2.75 bits per heavy atom. The molecule has 0 aromatic heterocycles. The van der Waals surface area contributed by atoms with Gasteiger partial charge in [-0.15, -0.1) is 0 Å². The molecular weight excluding hydrogens is 204 g/mol. The third-order valence-corrected chi connectivity index (χ3v) is 3.31. The van der Waals surface area contributed by atoms with E-state index in [0.717, 1.165) is 13.0 Å². The van der Waals surface area contributed by atoms with Crippen LogP contribution in [0.1, 0.15) is 40.0 Å². The highest BCUT2D eigenvalue weighted by Gasteiger charge is 2.38. The number of fused-ring (bicyclic) bond motifs is 1. The van der Waals surface area contributed by atoms with Crippen molar-refractivity contribution in [3.8, 4) is 0 Å². The highest BCUT2D eigenvalue weighted by molar-refractivity contribution is 5.68. The molecule has 0 aromatic carbocycles. The second kappa shape index (κ2) is 4.24. The first-order valence-electron chi connectivity index (χ1n) is 6.19. The number of carbonyl (C=O) groups is 1. The van der Waals surface area contributed by atoms with Gasteiger partial charge in [0.1, 0.15) is 5.60 Å². The first-order valence-corrected chi connectivity index (χ1v) is 6.19. The summed E-state index contributed by atoms with van der Waals surface area (Å²) in [6.07, 6.45) is 3.26. The van der Waals surface area contributed by atoms with Crippen LogP contribution in [-0.4, -0.2) is 41.8 Å². The first kappa shape index (κ1) is 11.7. The fourth-order valence-corrected chi connectivity index (χ4v) is 2.71. The van der Waals surface area contributed by atoms with Crippen LogP contribution in [0.3, 0.4) is 0 Å². The monoisotopic (exact) mass is 226 g/mol. The van der Waals surface area contributed by atoms with Gasteiger partial charge in [0.25, 0.3) is 0 Å². The summed E-state index contributed by atoms with van der Waals surface area (Å²) in [5.74, 6) is 0. The van der Waals surface area contributed by atoms with Crippen LogP contribution in [-0.2, 0) is 4.74 Å². The van der Waals surface area contributed by atoms with Crippen LogP contribution in [0.25, 0.3) is 0 Å². The largest absolute Gasteiger partial charge is 0.444 e. The predicted octanol–water partition coefficient (Wildman–Crippen LogP) is 1.75. The molecule has 2 heterocycles. The summed E-state index contributed by atoms with van der Waals surface area (Å²) in [6, 6.07) is 0.838. The van der Waals surface area contributed by atoms with Crippen molar-refractivity contribution >= 4 is 6.09 Å². The standard InChI is InChI=1S/C12H22N2O2/c1-12(2,3)16-11(15)13-9-6-8-14-7-4-5-10(9)14/h9-10H,4-8H2,1-3H3,(H,13,15). The van der Waals surface area contributed by atoms with Crippen molar-refractivity contribution in [2.45, 2.75) is 57.7 Å². The third kappa shape index (κ3) is 2.67. The summed E-state index contributed by atoms with van der Waals surface area (Å²) in [6.45, 7) is 7.98. The molecule has 0 bridgehead atoms. The number of nitrogens with one attached hydrogen (secondary N) is 1. The van der Waals surface area contributed by atoms with Crippen molar-refractivity contribution in [2.24, 2.45) is 0 Å². The molecule has 2 aliphatic rings. The van der Waals surface area contributed by atoms with E-state index in [4.69, 9.17) is 4.74 Å². The number of amides is 1. The molecule has 2 unspecified atom stereocenters. The lowest BCUT2D eigenvalue weighted by molar-refractivity contribution is 0.0496. The van der Waals surface area contributed by atoms with Crippen LogP contribution >= 0.6 is 0 Å². The zero-order chi connectivity index (χ0) is 11.8. The van der Waals surface area contributed by atoms with E-state index in [1.807, 2.05) is 20.8 Å². The fraction of sp³-hybridized carbons (Fsp3) is 0.917. The zero-order valence-corrected chi connectivity index (χ0v) is 10.5. The Kier molecular flexibility index (Phi) is 3.10. The first-order chi connectivity index (χ1) is 7.46. The normalized spacial score (nSPS) is 30.2. The molecule has 0 aromatic rings. The number of hydrogen-bond acceptors (Lipinski definition) is 3. The molecule has 0 aliphatic carbocycles. The van der Waals surface area contributed by atoms with E-state index in [1.54, 1.807) is 0 Å². The maximum atomic E-state index is 11.7. The van der Waals surface area contributed by atoms with Crippen LogP contribution in [0, 0.1) is 0 Å². The van der Waals surface area contributed by atoms with Gasteiger partial charge in [-0.1, -0.05) is 0 Å².